The van der Waals surface area contributed by atoms with Crippen molar-refractivity contribution in [2.45, 2.75) is 40.0 Å². The number of halogens is 3. The zero-order valence-corrected chi connectivity index (χ0v) is 20.4. The SMILES string of the molecule is CCn1ncc(-c2cc(C(F)(F)F)nc3sc(C(N)=O)c(NC(=O)Cn4ncc([N+](=O)[O-])c4C)c23)c1C. The first kappa shape index (κ1) is 25.7. The molecule has 0 radical (unpaired) electrons. The highest BCUT2D eigenvalue weighted by Crippen LogP contribution is 2.44. The van der Waals surface area contributed by atoms with Crippen LogP contribution in [0, 0.1) is 24.0 Å². The Balaban J connectivity index is 1.89. The number of carbonyl (C=O) groups excluding carboxylic acids is 2. The fourth-order valence-electron chi connectivity index (χ4n) is 3.87. The van der Waals surface area contributed by atoms with Crippen LogP contribution in [0.5, 0.6) is 0 Å². The van der Waals surface area contributed by atoms with Crippen molar-refractivity contribution in [2.24, 2.45) is 5.73 Å². The summed E-state index contributed by atoms with van der Waals surface area (Å²) < 4.78 is 43.8. The Labute approximate surface area is 210 Å². The van der Waals surface area contributed by atoms with E-state index in [-0.39, 0.29) is 37.7 Å². The quantitative estimate of drug-likeness (QED) is 0.269. The lowest BCUT2D eigenvalue weighted by molar-refractivity contribution is -0.385. The van der Waals surface area contributed by atoms with Gasteiger partial charge in [0.1, 0.15) is 33.8 Å². The number of aromatic nitrogens is 5. The van der Waals surface area contributed by atoms with Crippen LogP contribution in [-0.2, 0) is 24.1 Å². The molecule has 4 rings (SSSR count). The van der Waals surface area contributed by atoms with Gasteiger partial charge in [-0.3, -0.25) is 29.1 Å². The lowest BCUT2D eigenvalue weighted by Crippen LogP contribution is -2.22. The first-order valence-electron chi connectivity index (χ1n) is 10.7. The maximum absolute atomic E-state index is 13.7. The molecule has 0 atom stereocenters. The van der Waals surface area contributed by atoms with Crippen molar-refractivity contribution in [1.29, 1.82) is 0 Å². The van der Waals surface area contributed by atoms with Gasteiger partial charge in [-0.1, -0.05) is 0 Å². The van der Waals surface area contributed by atoms with Crippen LogP contribution in [-0.4, -0.2) is 41.3 Å². The molecule has 0 unspecified atom stereocenters. The van der Waals surface area contributed by atoms with E-state index < -0.39 is 35.2 Å². The Bertz CT molecular complexity index is 1570. The van der Waals surface area contributed by atoms with Gasteiger partial charge in [0.15, 0.2) is 0 Å². The van der Waals surface area contributed by atoms with Gasteiger partial charge in [0.05, 0.1) is 16.8 Å². The molecule has 194 valence electrons. The van der Waals surface area contributed by atoms with Crippen LogP contribution in [0.3, 0.4) is 0 Å². The molecule has 4 aromatic rings. The molecule has 0 saturated carbocycles. The minimum atomic E-state index is -4.79. The number of rotatable bonds is 7. The monoisotopic (exact) mass is 536 g/mol. The molecular weight excluding hydrogens is 517 g/mol. The molecule has 3 N–H and O–H groups in total. The van der Waals surface area contributed by atoms with Gasteiger partial charge in [0.25, 0.3) is 5.91 Å². The number of fused-ring (bicyclic) bond motifs is 1. The van der Waals surface area contributed by atoms with E-state index in [0.29, 0.717) is 29.1 Å². The van der Waals surface area contributed by atoms with E-state index >= 15 is 0 Å². The van der Waals surface area contributed by atoms with Gasteiger partial charge in [-0.05, 0) is 32.4 Å². The third kappa shape index (κ3) is 4.62. The average molecular weight is 536 g/mol. The Kier molecular flexibility index (Phi) is 6.45. The predicted octanol–water partition coefficient (Wildman–Crippen LogP) is 3.66. The summed E-state index contributed by atoms with van der Waals surface area (Å²) in [6, 6.07) is 0.834. The van der Waals surface area contributed by atoms with E-state index in [0.717, 1.165) is 16.9 Å². The highest BCUT2D eigenvalue weighted by molar-refractivity contribution is 7.21. The zero-order valence-electron chi connectivity index (χ0n) is 19.6. The van der Waals surface area contributed by atoms with Crippen molar-refractivity contribution in [3.8, 4) is 11.1 Å². The average Bonchev–Trinajstić information content (AvgIpc) is 3.48. The molecule has 2 amide bonds. The first-order valence-corrected chi connectivity index (χ1v) is 11.5. The number of nitrogens with two attached hydrogens (primary N) is 1. The Morgan fingerprint density at radius 1 is 1.16 bits per heavy atom. The van der Waals surface area contributed by atoms with Crippen LogP contribution in [0.15, 0.2) is 18.5 Å². The number of thiophene rings is 1. The number of nitrogens with zero attached hydrogens (tertiary/aromatic N) is 6. The maximum atomic E-state index is 13.7. The number of carbonyl (C=O) groups is 2. The van der Waals surface area contributed by atoms with Gasteiger partial charge in [-0.25, -0.2) is 4.98 Å². The Morgan fingerprint density at radius 2 is 1.84 bits per heavy atom. The van der Waals surface area contributed by atoms with Crippen LogP contribution < -0.4 is 11.1 Å². The Morgan fingerprint density at radius 3 is 2.38 bits per heavy atom. The third-order valence-electron chi connectivity index (χ3n) is 5.70. The number of primary amides is 1. The number of anilines is 1. The van der Waals surface area contributed by atoms with Crippen LogP contribution in [0.2, 0.25) is 0 Å². The molecule has 0 fully saturated rings. The van der Waals surface area contributed by atoms with Crippen molar-refractivity contribution >= 4 is 44.7 Å². The van der Waals surface area contributed by atoms with Crippen molar-refractivity contribution in [3.05, 3.63) is 50.5 Å². The van der Waals surface area contributed by atoms with E-state index in [9.17, 15) is 32.9 Å². The maximum Gasteiger partial charge on any atom is 0.433 e. The van der Waals surface area contributed by atoms with Crippen molar-refractivity contribution in [3.63, 3.8) is 0 Å². The molecule has 0 aliphatic carbocycles. The van der Waals surface area contributed by atoms with Gasteiger partial charge >= 0.3 is 11.9 Å². The molecule has 4 heterocycles. The van der Waals surface area contributed by atoms with Crippen molar-refractivity contribution in [1.82, 2.24) is 24.5 Å². The molecule has 0 saturated heterocycles. The fraction of sp³-hybridized carbons (Fsp3) is 0.286. The summed E-state index contributed by atoms with van der Waals surface area (Å²) in [5.74, 6) is -1.72. The zero-order chi connectivity index (χ0) is 27.2. The third-order valence-corrected chi connectivity index (χ3v) is 6.80. The lowest BCUT2D eigenvalue weighted by Gasteiger charge is -2.12. The van der Waals surface area contributed by atoms with E-state index in [4.69, 9.17) is 5.73 Å². The summed E-state index contributed by atoms with van der Waals surface area (Å²) in [6.07, 6.45) is -2.40. The molecular formula is C21H19F3N8O4S. The van der Waals surface area contributed by atoms with Crippen LogP contribution >= 0.6 is 11.3 Å². The number of nitrogens with one attached hydrogen (secondary N) is 1. The summed E-state index contributed by atoms with van der Waals surface area (Å²) in [6.45, 7) is 4.89. The van der Waals surface area contributed by atoms with E-state index in [2.05, 4.69) is 20.5 Å². The molecule has 16 heteroatoms. The highest BCUT2D eigenvalue weighted by Gasteiger charge is 2.35. The minimum absolute atomic E-state index is 0.0551. The summed E-state index contributed by atoms with van der Waals surface area (Å²) in [4.78, 5) is 38.9. The summed E-state index contributed by atoms with van der Waals surface area (Å²) in [7, 11) is 0. The molecule has 0 aromatic carbocycles. The van der Waals surface area contributed by atoms with Gasteiger partial charge in [-0.15, -0.1) is 11.3 Å². The van der Waals surface area contributed by atoms with Gasteiger partial charge in [-0.2, -0.15) is 23.4 Å². The molecule has 37 heavy (non-hydrogen) atoms. The molecule has 0 bridgehead atoms. The lowest BCUT2D eigenvalue weighted by atomic mass is 10.0. The van der Waals surface area contributed by atoms with E-state index in [1.165, 1.54) is 13.1 Å². The van der Waals surface area contributed by atoms with Crippen molar-refractivity contribution < 1.29 is 27.7 Å². The number of hydrogen-bond donors (Lipinski definition) is 2. The second-order valence-corrected chi connectivity index (χ2v) is 8.94. The first-order chi connectivity index (χ1) is 17.3. The summed E-state index contributed by atoms with van der Waals surface area (Å²) in [5.41, 5.74) is 4.99. The van der Waals surface area contributed by atoms with Gasteiger partial charge in [0, 0.05) is 23.2 Å². The topological polar surface area (TPSA) is 164 Å². The van der Waals surface area contributed by atoms with Gasteiger partial charge in [0.2, 0.25) is 5.91 Å². The van der Waals surface area contributed by atoms with Crippen LogP contribution in [0.4, 0.5) is 24.5 Å². The molecule has 4 aromatic heterocycles. The summed E-state index contributed by atoms with van der Waals surface area (Å²) >= 11 is 0.610. The van der Waals surface area contributed by atoms with E-state index in [1.807, 2.05) is 6.92 Å². The standard InChI is InChI=1S/C21H19F3N8O4S/c1-4-30-9(2)12(6-26-30)11-5-14(21(22,23)24)28-20-16(11)17(18(37-20)19(25)34)29-15(33)8-31-10(3)13(7-27-31)32(35)36/h5-7H,4,8H2,1-3H3,(H2,25,34)(H,29,33). The molecule has 0 spiro atoms. The van der Waals surface area contributed by atoms with Crippen LogP contribution in [0.1, 0.15) is 33.7 Å². The van der Waals surface area contributed by atoms with Crippen molar-refractivity contribution in [2.75, 3.05) is 5.32 Å². The number of aryl methyl sites for hydroxylation is 1. The number of pyridine rings is 1. The highest BCUT2D eigenvalue weighted by atomic mass is 32.1. The minimum Gasteiger partial charge on any atom is -0.365 e. The number of amides is 2. The normalized spacial score (nSPS) is 11.7. The summed E-state index contributed by atoms with van der Waals surface area (Å²) in [5, 5.41) is 21.7. The largest absolute Gasteiger partial charge is 0.433 e. The van der Waals surface area contributed by atoms with Gasteiger partial charge < -0.3 is 11.1 Å². The second kappa shape index (κ2) is 9.27. The molecule has 12 nitrogen and oxygen atoms in total. The number of alkyl halides is 3. The number of hydrogen-bond acceptors (Lipinski definition) is 8. The van der Waals surface area contributed by atoms with Crippen LogP contribution in [0.25, 0.3) is 21.3 Å². The Hall–Kier alpha value is -4.34. The molecule has 0 aliphatic heterocycles. The second-order valence-electron chi connectivity index (χ2n) is 7.94. The number of nitro groups is 1. The predicted molar refractivity (Wildman–Crippen MR) is 127 cm³/mol. The fourth-order valence-corrected chi connectivity index (χ4v) is 4.88. The smallest absolute Gasteiger partial charge is 0.365 e. The molecule has 0 aliphatic rings. The van der Waals surface area contributed by atoms with E-state index in [1.54, 1.807) is 11.6 Å².